The van der Waals surface area contributed by atoms with Gasteiger partial charge in [-0.25, -0.2) is 4.39 Å². The number of halogens is 1. The SMILES string of the molecule is CN(C)C(=O)CN1CC[C@@H](NC(=O)c2ccccc2F)[C@H](O)C1. The van der Waals surface area contributed by atoms with Crippen molar-refractivity contribution in [1.29, 1.82) is 0 Å². The minimum absolute atomic E-state index is 0.0361. The van der Waals surface area contributed by atoms with E-state index in [0.29, 0.717) is 19.5 Å². The van der Waals surface area contributed by atoms with E-state index in [1.165, 1.54) is 23.1 Å². The number of benzene rings is 1. The number of aliphatic hydroxyl groups is 1. The molecule has 2 amide bonds. The molecule has 126 valence electrons. The van der Waals surface area contributed by atoms with Gasteiger partial charge in [0.05, 0.1) is 24.3 Å². The van der Waals surface area contributed by atoms with Gasteiger partial charge in [0, 0.05) is 27.2 Å². The molecule has 1 fully saturated rings. The first-order valence-electron chi connectivity index (χ1n) is 7.54. The largest absolute Gasteiger partial charge is 0.390 e. The summed E-state index contributed by atoms with van der Waals surface area (Å²) in [5.74, 6) is -1.16. The molecule has 0 radical (unpaired) electrons. The molecule has 0 unspecified atom stereocenters. The molecule has 7 heteroatoms. The number of carbonyl (C=O) groups excluding carboxylic acids is 2. The van der Waals surface area contributed by atoms with Gasteiger partial charge in [0.1, 0.15) is 5.82 Å². The summed E-state index contributed by atoms with van der Waals surface area (Å²) < 4.78 is 13.6. The lowest BCUT2D eigenvalue weighted by Gasteiger charge is -2.36. The van der Waals surface area contributed by atoms with Crippen LogP contribution < -0.4 is 5.32 Å². The summed E-state index contributed by atoms with van der Waals surface area (Å²) in [6, 6.07) is 5.28. The van der Waals surface area contributed by atoms with Crippen molar-refractivity contribution >= 4 is 11.8 Å². The Kier molecular flexibility index (Phi) is 5.68. The Bertz CT molecular complexity index is 579. The topological polar surface area (TPSA) is 72.9 Å². The first-order chi connectivity index (χ1) is 10.9. The molecule has 1 aliphatic heterocycles. The molecule has 1 aromatic rings. The Labute approximate surface area is 134 Å². The van der Waals surface area contributed by atoms with Crippen LogP contribution in [0.2, 0.25) is 0 Å². The van der Waals surface area contributed by atoms with Gasteiger partial charge in [0.25, 0.3) is 5.91 Å². The molecule has 2 rings (SSSR count). The summed E-state index contributed by atoms with van der Waals surface area (Å²) in [6.07, 6.45) is -0.295. The standard InChI is InChI=1S/C16H22FN3O3/c1-19(2)15(22)10-20-8-7-13(14(21)9-20)18-16(23)11-5-3-4-6-12(11)17/h3-6,13-14,21H,7-10H2,1-2H3,(H,18,23)/t13-,14-/m1/s1. The van der Waals surface area contributed by atoms with Gasteiger partial charge in [-0.15, -0.1) is 0 Å². The van der Waals surface area contributed by atoms with Gasteiger partial charge in [-0.3, -0.25) is 14.5 Å². The minimum Gasteiger partial charge on any atom is -0.390 e. The first kappa shape index (κ1) is 17.4. The van der Waals surface area contributed by atoms with Gasteiger partial charge >= 0.3 is 0 Å². The van der Waals surface area contributed by atoms with Gasteiger partial charge in [-0.2, -0.15) is 0 Å². The number of likely N-dealkylation sites (N-methyl/N-ethyl adjacent to an activating group) is 1. The lowest BCUT2D eigenvalue weighted by atomic mass is 10.0. The zero-order chi connectivity index (χ0) is 17.0. The summed E-state index contributed by atoms with van der Waals surface area (Å²) >= 11 is 0. The zero-order valence-corrected chi connectivity index (χ0v) is 13.3. The van der Waals surface area contributed by atoms with Crippen LogP contribution in [0, 0.1) is 5.82 Å². The van der Waals surface area contributed by atoms with Crippen molar-refractivity contribution in [2.45, 2.75) is 18.6 Å². The van der Waals surface area contributed by atoms with E-state index in [4.69, 9.17) is 0 Å². The predicted octanol–water partition coefficient (Wildman–Crippen LogP) is 0.0789. The lowest BCUT2D eigenvalue weighted by molar-refractivity contribution is -0.130. The van der Waals surface area contributed by atoms with E-state index in [-0.39, 0.29) is 18.0 Å². The van der Waals surface area contributed by atoms with Crippen LogP contribution in [-0.2, 0) is 4.79 Å². The number of hydrogen-bond donors (Lipinski definition) is 2. The average molecular weight is 323 g/mol. The van der Waals surface area contributed by atoms with Crippen molar-refractivity contribution in [3.05, 3.63) is 35.6 Å². The highest BCUT2D eigenvalue weighted by Crippen LogP contribution is 2.13. The highest BCUT2D eigenvalue weighted by molar-refractivity contribution is 5.94. The van der Waals surface area contributed by atoms with Crippen molar-refractivity contribution in [1.82, 2.24) is 15.1 Å². The molecule has 1 heterocycles. The number of piperidine rings is 1. The Morgan fingerprint density at radius 1 is 1.39 bits per heavy atom. The molecule has 1 aliphatic rings. The second kappa shape index (κ2) is 7.52. The van der Waals surface area contributed by atoms with Crippen LogP contribution in [0.25, 0.3) is 0 Å². The van der Waals surface area contributed by atoms with E-state index in [9.17, 15) is 19.1 Å². The number of rotatable bonds is 4. The Morgan fingerprint density at radius 3 is 2.70 bits per heavy atom. The van der Waals surface area contributed by atoms with E-state index < -0.39 is 23.9 Å². The summed E-state index contributed by atoms with van der Waals surface area (Å²) in [5, 5.41) is 12.9. The third kappa shape index (κ3) is 4.49. The number of carbonyl (C=O) groups is 2. The fourth-order valence-electron chi connectivity index (χ4n) is 2.53. The van der Waals surface area contributed by atoms with Crippen LogP contribution in [0.5, 0.6) is 0 Å². The normalized spacial score (nSPS) is 21.7. The summed E-state index contributed by atoms with van der Waals surface area (Å²) in [7, 11) is 3.36. The van der Waals surface area contributed by atoms with Crippen LogP contribution in [0.3, 0.4) is 0 Å². The zero-order valence-electron chi connectivity index (χ0n) is 13.3. The Morgan fingerprint density at radius 2 is 2.09 bits per heavy atom. The lowest BCUT2D eigenvalue weighted by Crippen LogP contribution is -2.55. The Hall–Kier alpha value is -1.99. The van der Waals surface area contributed by atoms with Crippen molar-refractivity contribution in [3.8, 4) is 0 Å². The highest BCUT2D eigenvalue weighted by Gasteiger charge is 2.30. The maximum Gasteiger partial charge on any atom is 0.254 e. The molecule has 0 spiro atoms. The van der Waals surface area contributed by atoms with E-state index in [1.807, 2.05) is 4.90 Å². The number of aliphatic hydroxyl groups excluding tert-OH is 1. The molecule has 0 bridgehead atoms. The fraction of sp³-hybridized carbons (Fsp3) is 0.500. The van der Waals surface area contributed by atoms with Crippen molar-refractivity contribution in [2.75, 3.05) is 33.7 Å². The van der Waals surface area contributed by atoms with Crippen LogP contribution in [0.15, 0.2) is 24.3 Å². The Balaban J connectivity index is 1.90. The molecule has 0 aromatic heterocycles. The molecular formula is C16H22FN3O3. The second-order valence-corrected chi connectivity index (χ2v) is 5.94. The molecule has 0 aliphatic carbocycles. The highest BCUT2D eigenvalue weighted by atomic mass is 19.1. The number of β-amino-alcohol motifs (C(OH)–C–C–N with tert-alkyl or cyclic N) is 1. The van der Waals surface area contributed by atoms with E-state index in [2.05, 4.69) is 5.32 Å². The first-order valence-corrected chi connectivity index (χ1v) is 7.54. The summed E-state index contributed by atoms with van der Waals surface area (Å²) in [4.78, 5) is 27.1. The maximum absolute atomic E-state index is 13.6. The van der Waals surface area contributed by atoms with Crippen LogP contribution >= 0.6 is 0 Å². The molecule has 1 saturated heterocycles. The smallest absolute Gasteiger partial charge is 0.254 e. The molecule has 2 atom stereocenters. The van der Waals surface area contributed by atoms with Gasteiger partial charge in [0.15, 0.2) is 0 Å². The van der Waals surface area contributed by atoms with Crippen LogP contribution in [0.4, 0.5) is 4.39 Å². The monoisotopic (exact) mass is 323 g/mol. The third-order valence-corrected chi connectivity index (χ3v) is 3.96. The van der Waals surface area contributed by atoms with Crippen molar-refractivity contribution < 1.29 is 19.1 Å². The molecule has 0 saturated carbocycles. The quantitative estimate of drug-likeness (QED) is 0.823. The maximum atomic E-state index is 13.6. The fourth-order valence-corrected chi connectivity index (χ4v) is 2.53. The summed E-state index contributed by atoms with van der Waals surface area (Å²) in [6.45, 7) is 1.11. The van der Waals surface area contributed by atoms with Crippen LogP contribution in [0.1, 0.15) is 16.8 Å². The van der Waals surface area contributed by atoms with Crippen molar-refractivity contribution in [3.63, 3.8) is 0 Å². The van der Waals surface area contributed by atoms with Crippen LogP contribution in [-0.4, -0.2) is 72.6 Å². The molecular weight excluding hydrogens is 301 g/mol. The molecule has 6 nitrogen and oxygen atoms in total. The van der Waals surface area contributed by atoms with E-state index >= 15 is 0 Å². The second-order valence-electron chi connectivity index (χ2n) is 5.94. The number of nitrogens with zero attached hydrogens (tertiary/aromatic N) is 2. The van der Waals surface area contributed by atoms with Gasteiger partial charge in [0.2, 0.25) is 5.91 Å². The van der Waals surface area contributed by atoms with Gasteiger partial charge < -0.3 is 15.3 Å². The summed E-state index contributed by atoms with van der Waals surface area (Å²) in [5.41, 5.74) is -0.0371. The number of nitrogens with one attached hydrogen (secondary N) is 1. The number of amides is 2. The molecule has 2 N–H and O–H groups in total. The van der Waals surface area contributed by atoms with Crippen molar-refractivity contribution in [2.24, 2.45) is 0 Å². The molecule has 23 heavy (non-hydrogen) atoms. The molecule has 1 aromatic carbocycles. The van der Waals surface area contributed by atoms with Gasteiger partial charge in [-0.05, 0) is 18.6 Å². The average Bonchev–Trinajstić information content (AvgIpc) is 2.50. The third-order valence-electron chi connectivity index (χ3n) is 3.96. The minimum atomic E-state index is -0.797. The van der Waals surface area contributed by atoms with E-state index in [0.717, 1.165) is 0 Å². The van der Waals surface area contributed by atoms with E-state index in [1.54, 1.807) is 20.2 Å². The number of hydrogen-bond acceptors (Lipinski definition) is 4. The number of likely N-dealkylation sites (tertiary alicyclic amines) is 1. The predicted molar refractivity (Wildman–Crippen MR) is 83.4 cm³/mol. The van der Waals surface area contributed by atoms with Gasteiger partial charge in [-0.1, -0.05) is 12.1 Å².